The molecule has 1 N–H and O–H groups in total. The molecule has 1 aliphatic heterocycles. The summed E-state index contributed by atoms with van der Waals surface area (Å²) in [5, 5.41) is 0. The molecule has 0 saturated carbocycles. The van der Waals surface area contributed by atoms with Crippen molar-refractivity contribution in [3.8, 4) is 11.3 Å². The molecule has 3 rings (SSSR count). The van der Waals surface area contributed by atoms with Gasteiger partial charge in [-0.3, -0.25) is 4.79 Å². The lowest BCUT2D eigenvalue weighted by molar-refractivity contribution is -0.0935. The van der Waals surface area contributed by atoms with Gasteiger partial charge in [-0.05, 0) is 22.6 Å². The van der Waals surface area contributed by atoms with Gasteiger partial charge in [0, 0.05) is 5.56 Å². The van der Waals surface area contributed by atoms with Crippen molar-refractivity contribution in [1.29, 1.82) is 0 Å². The second kappa shape index (κ2) is 6.02. The molecule has 6 heteroatoms. The van der Waals surface area contributed by atoms with E-state index in [0.717, 1.165) is 5.56 Å². The van der Waals surface area contributed by atoms with E-state index in [-0.39, 0.29) is 11.7 Å². The molecule has 0 radical (unpaired) electrons. The SMILES string of the molecule is O=c1[nH]c(C2COCCO2)nc(-c2ccccc2)c1I. The zero-order chi connectivity index (χ0) is 13.9. The first kappa shape index (κ1) is 13.7. The average molecular weight is 384 g/mol. The fourth-order valence-corrected chi connectivity index (χ4v) is 2.63. The van der Waals surface area contributed by atoms with E-state index in [2.05, 4.69) is 9.97 Å². The number of benzene rings is 1. The van der Waals surface area contributed by atoms with Crippen LogP contribution >= 0.6 is 22.6 Å². The number of H-pyrrole nitrogens is 1. The van der Waals surface area contributed by atoms with Crippen molar-refractivity contribution in [3.63, 3.8) is 0 Å². The minimum absolute atomic E-state index is 0.149. The van der Waals surface area contributed by atoms with Crippen LogP contribution in [0.25, 0.3) is 11.3 Å². The minimum atomic E-state index is -0.309. The summed E-state index contributed by atoms with van der Waals surface area (Å²) in [5.74, 6) is 0.522. The number of nitrogens with one attached hydrogen (secondary N) is 1. The van der Waals surface area contributed by atoms with Crippen LogP contribution in [0.3, 0.4) is 0 Å². The van der Waals surface area contributed by atoms with Gasteiger partial charge in [-0.2, -0.15) is 0 Å². The van der Waals surface area contributed by atoms with Crippen molar-refractivity contribution in [1.82, 2.24) is 9.97 Å². The molecule has 1 atom stereocenters. The Balaban J connectivity index is 2.06. The summed E-state index contributed by atoms with van der Waals surface area (Å²) in [6.07, 6.45) is -0.309. The largest absolute Gasteiger partial charge is 0.376 e. The summed E-state index contributed by atoms with van der Waals surface area (Å²) in [6.45, 7) is 1.51. The summed E-state index contributed by atoms with van der Waals surface area (Å²) in [4.78, 5) is 19.4. The van der Waals surface area contributed by atoms with Crippen molar-refractivity contribution < 1.29 is 9.47 Å². The Morgan fingerprint density at radius 2 is 2.05 bits per heavy atom. The van der Waals surface area contributed by atoms with Crippen LogP contribution in [0.1, 0.15) is 11.9 Å². The number of halogens is 1. The van der Waals surface area contributed by atoms with Crippen LogP contribution in [-0.2, 0) is 9.47 Å². The maximum absolute atomic E-state index is 12.1. The Kier molecular flexibility index (Phi) is 4.13. The molecule has 5 nitrogen and oxygen atoms in total. The van der Waals surface area contributed by atoms with Crippen LogP contribution in [0.15, 0.2) is 35.1 Å². The second-order valence-electron chi connectivity index (χ2n) is 4.41. The number of hydrogen-bond acceptors (Lipinski definition) is 4. The van der Waals surface area contributed by atoms with Gasteiger partial charge in [0.1, 0.15) is 15.5 Å². The van der Waals surface area contributed by atoms with Crippen LogP contribution in [0, 0.1) is 3.57 Å². The molecular formula is C14H13IN2O3. The first-order valence-electron chi connectivity index (χ1n) is 6.30. The van der Waals surface area contributed by atoms with E-state index < -0.39 is 0 Å². The molecule has 1 aromatic carbocycles. The topological polar surface area (TPSA) is 64.2 Å². The molecule has 2 heterocycles. The molecule has 0 amide bonds. The Hall–Kier alpha value is -1.25. The molecule has 1 aliphatic rings. The lowest BCUT2D eigenvalue weighted by Crippen LogP contribution is -2.27. The van der Waals surface area contributed by atoms with Crippen molar-refractivity contribution in [2.75, 3.05) is 19.8 Å². The number of hydrogen-bond donors (Lipinski definition) is 1. The van der Waals surface area contributed by atoms with Crippen LogP contribution in [0.4, 0.5) is 0 Å². The van der Waals surface area contributed by atoms with Gasteiger partial charge in [-0.1, -0.05) is 30.3 Å². The Morgan fingerprint density at radius 1 is 1.25 bits per heavy atom. The third-order valence-electron chi connectivity index (χ3n) is 3.05. The maximum Gasteiger partial charge on any atom is 0.265 e. The summed E-state index contributed by atoms with van der Waals surface area (Å²) in [6, 6.07) is 9.66. The molecule has 0 bridgehead atoms. The number of ether oxygens (including phenoxy) is 2. The van der Waals surface area contributed by atoms with E-state index in [0.29, 0.717) is 34.9 Å². The lowest BCUT2D eigenvalue weighted by Gasteiger charge is -2.22. The van der Waals surface area contributed by atoms with Crippen molar-refractivity contribution in [2.45, 2.75) is 6.10 Å². The van der Waals surface area contributed by atoms with Gasteiger partial charge in [-0.15, -0.1) is 0 Å². The van der Waals surface area contributed by atoms with E-state index in [1.165, 1.54) is 0 Å². The van der Waals surface area contributed by atoms with E-state index in [4.69, 9.17) is 9.47 Å². The van der Waals surface area contributed by atoms with Crippen molar-refractivity contribution >= 4 is 22.6 Å². The van der Waals surface area contributed by atoms with Crippen molar-refractivity contribution in [3.05, 3.63) is 50.1 Å². The highest BCUT2D eigenvalue weighted by Gasteiger charge is 2.21. The molecule has 0 aliphatic carbocycles. The molecular weight excluding hydrogens is 371 g/mol. The van der Waals surface area contributed by atoms with Gasteiger partial charge in [-0.25, -0.2) is 4.98 Å². The molecule has 1 unspecified atom stereocenters. The van der Waals surface area contributed by atoms with E-state index in [1.807, 2.05) is 52.9 Å². The van der Waals surface area contributed by atoms with Crippen LogP contribution in [0.2, 0.25) is 0 Å². The standard InChI is InChI=1S/C14H13IN2O3/c15-11-12(9-4-2-1-3-5-9)16-13(17-14(11)18)10-8-19-6-7-20-10/h1-5,10H,6-8H2,(H,16,17,18). The molecule has 0 spiro atoms. The number of rotatable bonds is 2. The van der Waals surface area contributed by atoms with E-state index in [9.17, 15) is 4.79 Å². The zero-order valence-electron chi connectivity index (χ0n) is 10.6. The van der Waals surface area contributed by atoms with Gasteiger partial charge in [0.15, 0.2) is 0 Å². The highest BCUT2D eigenvalue weighted by Crippen LogP contribution is 2.23. The first-order chi connectivity index (χ1) is 9.75. The van der Waals surface area contributed by atoms with Gasteiger partial charge in [0.2, 0.25) is 0 Å². The molecule has 104 valence electrons. The number of aromatic amines is 1. The molecule has 20 heavy (non-hydrogen) atoms. The quantitative estimate of drug-likeness (QED) is 0.806. The summed E-state index contributed by atoms with van der Waals surface area (Å²) < 4.78 is 11.5. The summed E-state index contributed by atoms with van der Waals surface area (Å²) >= 11 is 2.02. The lowest BCUT2D eigenvalue weighted by atomic mass is 10.1. The second-order valence-corrected chi connectivity index (χ2v) is 5.49. The van der Waals surface area contributed by atoms with Crippen LogP contribution in [0.5, 0.6) is 0 Å². The average Bonchev–Trinajstić information content (AvgIpc) is 2.51. The molecule has 1 fully saturated rings. The fraction of sp³-hybridized carbons (Fsp3) is 0.286. The number of aromatic nitrogens is 2. The monoisotopic (exact) mass is 384 g/mol. The predicted molar refractivity (Wildman–Crippen MR) is 82.5 cm³/mol. The highest BCUT2D eigenvalue weighted by atomic mass is 127. The normalized spacial score (nSPS) is 18.9. The van der Waals surface area contributed by atoms with Gasteiger partial charge >= 0.3 is 0 Å². The highest BCUT2D eigenvalue weighted by molar-refractivity contribution is 14.1. The summed E-state index contributed by atoms with van der Waals surface area (Å²) in [7, 11) is 0. The van der Waals surface area contributed by atoms with Gasteiger partial charge in [0.25, 0.3) is 5.56 Å². The third-order valence-corrected chi connectivity index (χ3v) is 4.05. The predicted octanol–water partition coefficient (Wildman–Crippen LogP) is 2.13. The Labute approximate surface area is 129 Å². The fourth-order valence-electron chi connectivity index (χ4n) is 2.06. The maximum atomic E-state index is 12.1. The smallest absolute Gasteiger partial charge is 0.265 e. The van der Waals surface area contributed by atoms with Crippen LogP contribution in [-0.4, -0.2) is 29.8 Å². The van der Waals surface area contributed by atoms with Crippen molar-refractivity contribution in [2.24, 2.45) is 0 Å². The minimum Gasteiger partial charge on any atom is -0.376 e. The molecule has 1 aromatic heterocycles. The van der Waals surface area contributed by atoms with Gasteiger partial charge < -0.3 is 14.5 Å². The zero-order valence-corrected chi connectivity index (χ0v) is 12.8. The number of nitrogens with zero attached hydrogens (tertiary/aromatic N) is 1. The summed E-state index contributed by atoms with van der Waals surface area (Å²) in [5.41, 5.74) is 1.45. The van der Waals surface area contributed by atoms with Crippen LogP contribution < -0.4 is 5.56 Å². The molecule has 2 aromatic rings. The van der Waals surface area contributed by atoms with E-state index in [1.54, 1.807) is 0 Å². The Morgan fingerprint density at radius 3 is 2.75 bits per heavy atom. The van der Waals surface area contributed by atoms with Gasteiger partial charge in [0.05, 0.1) is 25.5 Å². The van der Waals surface area contributed by atoms with E-state index >= 15 is 0 Å². The third kappa shape index (κ3) is 2.77. The molecule has 1 saturated heterocycles. The first-order valence-corrected chi connectivity index (χ1v) is 7.38. The Bertz CT molecular complexity index is 651.